The summed E-state index contributed by atoms with van der Waals surface area (Å²) in [6.45, 7) is 4.44. The van der Waals surface area contributed by atoms with E-state index < -0.39 is 0 Å². The molecule has 0 unspecified atom stereocenters. The van der Waals surface area contributed by atoms with E-state index in [0.717, 1.165) is 31.6 Å². The third-order valence-electron chi connectivity index (χ3n) is 4.60. The number of hydrogen-bond acceptors (Lipinski definition) is 2. The maximum Gasteiger partial charge on any atom is 0.0624 e. The molecule has 0 aromatic carbocycles. The van der Waals surface area contributed by atoms with Gasteiger partial charge in [0.15, 0.2) is 0 Å². The molecule has 0 aliphatic heterocycles. The predicted molar refractivity (Wildman–Crippen MR) is 75.5 cm³/mol. The predicted octanol–water partition coefficient (Wildman–Crippen LogP) is 2.82. The minimum atomic E-state index is 0.00444. The molecular formula is C15H27N3. The first kappa shape index (κ1) is 13.6. The van der Waals surface area contributed by atoms with Crippen molar-refractivity contribution in [2.75, 3.05) is 0 Å². The van der Waals surface area contributed by atoms with Crippen molar-refractivity contribution in [3.05, 3.63) is 17.5 Å². The Balaban J connectivity index is 2.02. The summed E-state index contributed by atoms with van der Waals surface area (Å²) in [4.78, 5) is 0. The van der Waals surface area contributed by atoms with E-state index in [1.54, 1.807) is 0 Å². The zero-order valence-corrected chi connectivity index (χ0v) is 12.1. The second-order valence-electron chi connectivity index (χ2n) is 5.99. The number of hydrogen-bond donors (Lipinski definition) is 1. The summed E-state index contributed by atoms with van der Waals surface area (Å²) in [5.41, 5.74) is 9.07. The first-order valence-corrected chi connectivity index (χ1v) is 7.37. The Kier molecular flexibility index (Phi) is 4.10. The number of rotatable bonds is 4. The van der Waals surface area contributed by atoms with Gasteiger partial charge in [-0.1, -0.05) is 20.3 Å². The van der Waals surface area contributed by atoms with Gasteiger partial charge >= 0.3 is 0 Å². The van der Waals surface area contributed by atoms with Gasteiger partial charge in [-0.15, -0.1) is 0 Å². The summed E-state index contributed by atoms with van der Waals surface area (Å²) >= 11 is 0. The topological polar surface area (TPSA) is 43.8 Å². The Morgan fingerprint density at radius 2 is 2.06 bits per heavy atom. The summed E-state index contributed by atoms with van der Waals surface area (Å²) < 4.78 is 2.01. The first-order chi connectivity index (χ1) is 8.56. The number of nitrogens with zero attached hydrogens (tertiary/aromatic N) is 2. The molecular weight excluding hydrogens is 222 g/mol. The zero-order chi connectivity index (χ0) is 13.2. The molecule has 1 aliphatic carbocycles. The summed E-state index contributed by atoms with van der Waals surface area (Å²) in [6, 6.07) is 2.22. The lowest BCUT2D eigenvalue weighted by atomic mass is 9.74. The van der Waals surface area contributed by atoms with Gasteiger partial charge in [-0.05, 0) is 44.1 Å². The van der Waals surface area contributed by atoms with E-state index in [2.05, 4.69) is 25.0 Å². The van der Waals surface area contributed by atoms with Crippen molar-refractivity contribution in [2.45, 2.75) is 64.3 Å². The fraction of sp³-hybridized carbons (Fsp3) is 0.800. The van der Waals surface area contributed by atoms with Gasteiger partial charge in [0.1, 0.15) is 0 Å². The van der Waals surface area contributed by atoms with Crippen LogP contribution in [-0.4, -0.2) is 15.3 Å². The quantitative estimate of drug-likeness (QED) is 0.891. The van der Waals surface area contributed by atoms with Crippen LogP contribution >= 0.6 is 0 Å². The lowest BCUT2D eigenvalue weighted by Gasteiger charge is -2.37. The van der Waals surface area contributed by atoms with Crippen LogP contribution in [-0.2, 0) is 19.9 Å². The molecule has 1 aromatic rings. The molecule has 0 bridgehead atoms. The van der Waals surface area contributed by atoms with Crippen LogP contribution in [0.2, 0.25) is 0 Å². The summed E-state index contributed by atoms with van der Waals surface area (Å²) in [5, 5.41) is 4.52. The molecule has 1 heterocycles. The second-order valence-corrected chi connectivity index (χ2v) is 5.99. The van der Waals surface area contributed by atoms with Gasteiger partial charge in [0, 0.05) is 24.7 Å². The van der Waals surface area contributed by atoms with Crippen LogP contribution in [0.15, 0.2) is 6.07 Å². The van der Waals surface area contributed by atoms with Crippen molar-refractivity contribution in [2.24, 2.45) is 18.7 Å². The van der Waals surface area contributed by atoms with Crippen LogP contribution in [0, 0.1) is 5.92 Å². The van der Waals surface area contributed by atoms with Crippen molar-refractivity contribution in [3.63, 3.8) is 0 Å². The minimum Gasteiger partial charge on any atom is -0.325 e. The molecule has 2 N–H and O–H groups in total. The van der Waals surface area contributed by atoms with Crippen LogP contribution in [0.1, 0.15) is 57.3 Å². The molecule has 1 saturated carbocycles. The molecule has 0 radical (unpaired) electrons. The molecule has 0 saturated heterocycles. The molecule has 3 heteroatoms. The smallest absolute Gasteiger partial charge is 0.0624 e. The average molecular weight is 249 g/mol. The van der Waals surface area contributed by atoms with E-state index in [1.807, 2.05) is 11.7 Å². The standard InChI is InChI=1S/C15H27N3/c1-4-12-6-8-15(16,9-7-12)11-14-10-13(5-2)17-18(14)3/h10,12H,4-9,11,16H2,1-3H3. The molecule has 0 spiro atoms. The summed E-state index contributed by atoms with van der Waals surface area (Å²) in [5.74, 6) is 0.902. The molecule has 0 amide bonds. The van der Waals surface area contributed by atoms with Gasteiger partial charge < -0.3 is 5.73 Å². The lowest BCUT2D eigenvalue weighted by molar-refractivity contribution is 0.225. The molecule has 102 valence electrons. The Morgan fingerprint density at radius 3 is 2.56 bits per heavy atom. The van der Waals surface area contributed by atoms with Gasteiger partial charge in [0.25, 0.3) is 0 Å². The Bertz CT molecular complexity index is 386. The number of nitrogens with two attached hydrogens (primary N) is 1. The maximum atomic E-state index is 6.59. The molecule has 0 atom stereocenters. The van der Waals surface area contributed by atoms with E-state index >= 15 is 0 Å². The Morgan fingerprint density at radius 1 is 1.39 bits per heavy atom. The van der Waals surface area contributed by atoms with Crippen molar-refractivity contribution in [3.8, 4) is 0 Å². The molecule has 18 heavy (non-hydrogen) atoms. The van der Waals surface area contributed by atoms with Crippen molar-refractivity contribution in [1.82, 2.24) is 9.78 Å². The van der Waals surface area contributed by atoms with Gasteiger partial charge in [-0.25, -0.2) is 0 Å². The lowest BCUT2D eigenvalue weighted by Crippen LogP contribution is -2.45. The highest BCUT2D eigenvalue weighted by Gasteiger charge is 2.32. The summed E-state index contributed by atoms with van der Waals surface area (Å²) in [6.07, 6.45) is 8.21. The summed E-state index contributed by atoms with van der Waals surface area (Å²) in [7, 11) is 2.04. The molecule has 1 aliphatic rings. The Hall–Kier alpha value is -0.830. The third kappa shape index (κ3) is 2.94. The average Bonchev–Trinajstić information content (AvgIpc) is 2.71. The van der Waals surface area contributed by atoms with E-state index in [-0.39, 0.29) is 5.54 Å². The van der Waals surface area contributed by atoms with E-state index in [0.29, 0.717) is 0 Å². The fourth-order valence-corrected chi connectivity index (χ4v) is 3.11. The molecule has 1 fully saturated rings. The monoisotopic (exact) mass is 249 g/mol. The van der Waals surface area contributed by atoms with Crippen LogP contribution in [0.25, 0.3) is 0 Å². The van der Waals surface area contributed by atoms with Crippen LogP contribution in [0.4, 0.5) is 0 Å². The first-order valence-electron chi connectivity index (χ1n) is 7.37. The van der Waals surface area contributed by atoms with Gasteiger partial charge in [-0.3, -0.25) is 4.68 Å². The van der Waals surface area contributed by atoms with Crippen LogP contribution in [0.3, 0.4) is 0 Å². The normalized spacial score (nSPS) is 28.6. The fourth-order valence-electron chi connectivity index (χ4n) is 3.11. The van der Waals surface area contributed by atoms with E-state index in [4.69, 9.17) is 5.73 Å². The zero-order valence-electron chi connectivity index (χ0n) is 12.1. The van der Waals surface area contributed by atoms with Gasteiger partial charge in [0.2, 0.25) is 0 Å². The largest absolute Gasteiger partial charge is 0.325 e. The van der Waals surface area contributed by atoms with Crippen molar-refractivity contribution < 1.29 is 0 Å². The third-order valence-corrected chi connectivity index (χ3v) is 4.60. The van der Waals surface area contributed by atoms with Crippen LogP contribution in [0.5, 0.6) is 0 Å². The Labute approximate surface area is 111 Å². The van der Waals surface area contributed by atoms with Crippen molar-refractivity contribution in [1.29, 1.82) is 0 Å². The number of aryl methyl sites for hydroxylation is 2. The highest BCUT2D eigenvalue weighted by atomic mass is 15.3. The van der Waals surface area contributed by atoms with E-state index in [1.165, 1.54) is 30.7 Å². The minimum absolute atomic E-state index is 0.00444. The van der Waals surface area contributed by atoms with E-state index in [9.17, 15) is 0 Å². The molecule has 2 rings (SSSR count). The second kappa shape index (κ2) is 5.43. The van der Waals surface area contributed by atoms with Gasteiger partial charge in [0.05, 0.1) is 5.69 Å². The van der Waals surface area contributed by atoms with Gasteiger partial charge in [-0.2, -0.15) is 5.10 Å². The molecule has 3 nitrogen and oxygen atoms in total. The highest BCUT2D eigenvalue weighted by molar-refractivity contribution is 5.14. The SMILES string of the molecule is CCc1cc(CC2(N)CCC(CC)CC2)n(C)n1. The highest BCUT2D eigenvalue weighted by Crippen LogP contribution is 2.34. The number of aromatic nitrogens is 2. The molecule has 1 aromatic heterocycles. The maximum absolute atomic E-state index is 6.59. The van der Waals surface area contributed by atoms with Crippen LogP contribution < -0.4 is 5.73 Å². The van der Waals surface area contributed by atoms with Crippen molar-refractivity contribution >= 4 is 0 Å².